The lowest BCUT2D eigenvalue weighted by Crippen LogP contribution is -2.46. The molecule has 1 heterocycles. The summed E-state index contributed by atoms with van der Waals surface area (Å²) in [6.07, 6.45) is 2.52. The number of hydrogen-bond donors (Lipinski definition) is 3. The fourth-order valence-corrected chi connectivity index (χ4v) is 2.04. The van der Waals surface area contributed by atoms with E-state index in [-0.39, 0.29) is 18.1 Å². The molecule has 1 rings (SSSR count). The zero-order chi connectivity index (χ0) is 11.3. The zero-order valence-corrected chi connectivity index (χ0v) is 10.3. The minimum atomic E-state index is 0.141. The highest BCUT2D eigenvalue weighted by Gasteiger charge is 2.24. The van der Waals surface area contributed by atoms with E-state index in [1.165, 1.54) is 12.8 Å². The molecule has 15 heavy (non-hydrogen) atoms. The molecule has 0 aromatic rings. The van der Waals surface area contributed by atoms with Crippen LogP contribution in [0.15, 0.2) is 0 Å². The van der Waals surface area contributed by atoms with Crippen molar-refractivity contribution in [2.75, 3.05) is 26.2 Å². The number of nitrogens with one attached hydrogen (secondary N) is 2. The molecular formula is C12H26N2O. The van der Waals surface area contributed by atoms with Crippen LogP contribution in [0.3, 0.4) is 0 Å². The smallest absolute Gasteiger partial charge is 0.0589 e. The molecule has 1 saturated heterocycles. The van der Waals surface area contributed by atoms with Crippen LogP contribution in [-0.4, -0.2) is 37.4 Å². The van der Waals surface area contributed by atoms with E-state index in [4.69, 9.17) is 0 Å². The van der Waals surface area contributed by atoms with Crippen molar-refractivity contribution in [3.63, 3.8) is 0 Å². The van der Waals surface area contributed by atoms with Crippen LogP contribution in [0.2, 0.25) is 0 Å². The van der Waals surface area contributed by atoms with E-state index in [9.17, 15) is 5.11 Å². The zero-order valence-electron chi connectivity index (χ0n) is 10.3. The molecule has 0 aromatic carbocycles. The number of hydrogen-bond acceptors (Lipinski definition) is 3. The van der Waals surface area contributed by atoms with Crippen molar-refractivity contribution in [1.82, 2.24) is 10.6 Å². The maximum atomic E-state index is 9.32. The van der Waals surface area contributed by atoms with E-state index < -0.39 is 0 Å². The number of piperidine rings is 1. The lowest BCUT2D eigenvalue weighted by molar-refractivity contribution is 0.151. The Morgan fingerprint density at radius 3 is 2.40 bits per heavy atom. The molecule has 0 spiro atoms. The third-order valence-corrected chi connectivity index (χ3v) is 3.34. The van der Waals surface area contributed by atoms with Crippen molar-refractivity contribution < 1.29 is 5.11 Å². The summed E-state index contributed by atoms with van der Waals surface area (Å²) >= 11 is 0. The van der Waals surface area contributed by atoms with Crippen LogP contribution in [-0.2, 0) is 0 Å². The van der Waals surface area contributed by atoms with Gasteiger partial charge >= 0.3 is 0 Å². The van der Waals surface area contributed by atoms with Crippen LogP contribution < -0.4 is 10.6 Å². The normalized spacial score (nSPS) is 21.6. The lowest BCUT2D eigenvalue weighted by Gasteiger charge is -2.32. The Balaban J connectivity index is 2.27. The second-order valence-electron chi connectivity index (χ2n) is 5.70. The lowest BCUT2D eigenvalue weighted by atomic mass is 9.86. The highest BCUT2D eigenvalue weighted by molar-refractivity contribution is 4.81. The predicted molar refractivity (Wildman–Crippen MR) is 63.9 cm³/mol. The molecule has 1 atom stereocenters. The van der Waals surface area contributed by atoms with E-state index in [2.05, 4.69) is 31.4 Å². The third kappa shape index (κ3) is 4.49. The fraction of sp³-hybridized carbons (Fsp3) is 1.00. The van der Waals surface area contributed by atoms with Crippen LogP contribution in [0.1, 0.15) is 33.6 Å². The summed E-state index contributed by atoms with van der Waals surface area (Å²) in [5, 5.41) is 16.2. The van der Waals surface area contributed by atoms with Crippen molar-refractivity contribution in [2.45, 2.75) is 39.7 Å². The van der Waals surface area contributed by atoms with Gasteiger partial charge in [0.25, 0.3) is 0 Å². The van der Waals surface area contributed by atoms with Gasteiger partial charge in [-0.3, -0.25) is 0 Å². The standard InChI is InChI=1S/C12H26N2O/c1-12(2,3)11(9-15)14-8-10-4-6-13-7-5-10/h10-11,13-15H,4-9H2,1-3H3/t11-/m1/s1. The van der Waals surface area contributed by atoms with Crippen LogP contribution in [0.25, 0.3) is 0 Å². The number of rotatable bonds is 4. The van der Waals surface area contributed by atoms with Gasteiger partial charge in [0.15, 0.2) is 0 Å². The second-order valence-corrected chi connectivity index (χ2v) is 5.70. The van der Waals surface area contributed by atoms with Gasteiger partial charge in [0.2, 0.25) is 0 Å². The molecule has 1 fully saturated rings. The molecule has 3 heteroatoms. The summed E-state index contributed by atoms with van der Waals surface area (Å²) in [6, 6.07) is 0.215. The molecular weight excluding hydrogens is 188 g/mol. The molecule has 3 nitrogen and oxygen atoms in total. The Morgan fingerprint density at radius 1 is 1.33 bits per heavy atom. The Bertz CT molecular complexity index is 171. The van der Waals surface area contributed by atoms with Gasteiger partial charge in [0.05, 0.1) is 6.61 Å². The molecule has 0 saturated carbocycles. The van der Waals surface area contributed by atoms with E-state index in [1.807, 2.05) is 0 Å². The van der Waals surface area contributed by atoms with Crippen molar-refractivity contribution in [3.05, 3.63) is 0 Å². The monoisotopic (exact) mass is 214 g/mol. The molecule has 0 amide bonds. The summed E-state index contributed by atoms with van der Waals surface area (Å²) < 4.78 is 0. The topological polar surface area (TPSA) is 44.3 Å². The quantitative estimate of drug-likeness (QED) is 0.654. The molecule has 1 aliphatic heterocycles. The van der Waals surface area contributed by atoms with Gasteiger partial charge in [-0.2, -0.15) is 0 Å². The highest BCUT2D eigenvalue weighted by Crippen LogP contribution is 2.19. The van der Waals surface area contributed by atoms with E-state index >= 15 is 0 Å². The van der Waals surface area contributed by atoms with Crippen molar-refractivity contribution in [1.29, 1.82) is 0 Å². The summed E-state index contributed by atoms with van der Waals surface area (Å²) in [7, 11) is 0. The molecule has 1 aliphatic rings. The predicted octanol–water partition coefficient (Wildman–Crippen LogP) is 0.983. The van der Waals surface area contributed by atoms with Crippen LogP contribution >= 0.6 is 0 Å². The molecule has 0 bridgehead atoms. The first-order valence-electron chi connectivity index (χ1n) is 6.09. The minimum absolute atomic E-state index is 0.141. The minimum Gasteiger partial charge on any atom is -0.395 e. The average molecular weight is 214 g/mol. The Labute approximate surface area is 93.6 Å². The Morgan fingerprint density at radius 2 is 1.93 bits per heavy atom. The summed E-state index contributed by atoms with van der Waals surface area (Å²) in [5.41, 5.74) is 0.141. The summed E-state index contributed by atoms with van der Waals surface area (Å²) in [5.74, 6) is 0.780. The maximum absolute atomic E-state index is 9.32. The third-order valence-electron chi connectivity index (χ3n) is 3.34. The number of aliphatic hydroxyl groups is 1. The van der Waals surface area contributed by atoms with Gasteiger partial charge in [-0.25, -0.2) is 0 Å². The van der Waals surface area contributed by atoms with E-state index in [0.717, 1.165) is 25.6 Å². The molecule has 0 radical (unpaired) electrons. The average Bonchev–Trinajstić information content (AvgIpc) is 2.18. The van der Waals surface area contributed by atoms with Gasteiger partial charge < -0.3 is 15.7 Å². The van der Waals surface area contributed by atoms with Gasteiger partial charge in [0, 0.05) is 6.04 Å². The van der Waals surface area contributed by atoms with Crippen LogP contribution in [0, 0.1) is 11.3 Å². The van der Waals surface area contributed by atoms with Crippen LogP contribution in [0.5, 0.6) is 0 Å². The van der Waals surface area contributed by atoms with Crippen molar-refractivity contribution in [3.8, 4) is 0 Å². The van der Waals surface area contributed by atoms with Gasteiger partial charge in [0.1, 0.15) is 0 Å². The number of aliphatic hydroxyl groups excluding tert-OH is 1. The van der Waals surface area contributed by atoms with Gasteiger partial charge in [-0.15, -0.1) is 0 Å². The van der Waals surface area contributed by atoms with E-state index in [1.54, 1.807) is 0 Å². The highest BCUT2D eigenvalue weighted by atomic mass is 16.3. The van der Waals surface area contributed by atoms with Crippen molar-refractivity contribution >= 4 is 0 Å². The first kappa shape index (κ1) is 12.9. The van der Waals surface area contributed by atoms with Crippen LogP contribution in [0.4, 0.5) is 0 Å². The van der Waals surface area contributed by atoms with Crippen molar-refractivity contribution in [2.24, 2.45) is 11.3 Å². The SMILES string of the molecule is CC(C)(C)[C@@H](CO)NCC1CCNCC1. The largest absolute Gasteiger partial charge is 0.395 e. The molecule has 0 aromatic heterocycles. The Kier molecular flexibility index (Phi) is 5.03. The van der Waals surface area contributed by atoms with Gasteiger partial charge in [-0.05, 0) is 43.8 Å². The van der Waals surface area contributed by atoms with Gasteiger partial charge in [-0.1, -0.05) is 20.8 Å². The van der Waals surface area contributed by atoms with E-state index in [0.29, 0.717) is 0 Å². The maximum Gasteiger partial charge on any atom is 0.0589 e. The summed E-state index contributed by atoms with van der Waals surface area (Å²) in [4.78, 5) is 0. The first-order chi connectivity index (χ1) is 7.04. The molecule has 3 N–H and O–H groups in total. The Hall–Kier alpha value is -0.120. The fourth-order valence-electron chi connectivity index (χ4n) is 2.04. The molecule has 0 unspecified atom stereocenters. The molecule has 90 valence electrons. The second kappa shape index (κ2) is 5.83. The first-order valence-corrected chi connectivity index (χ1v) is 6.09. The molecule has 0 aliphatic carbocycles. The summed E-state index contributed by atoms with van der Waals surface area (Å²) in [6.45, 7) is 10.1.